The lowest BCUT2D eigenvalue weighted by Crippen LogP contribution is -2.15. The van der Waals surface area contributed by atoms with Crippen molar-refractivity contribution in [3.05, 3.63) is 23.7 Å². The van der Waals surface area contributed by atoms with E-state index in [-0.39, 0.29) is 6.08 Å². The maximum Gasteiger partial charge on any atom is 0.400 e. The van der Waals surface area contributed by atoms with E-state index in [2.05, 4.69) is 20.5 Å². The molecule has 3 rings (SSSR count). The highest BCUT2D eigenvalue weighted by molar-refractivity contribution is 5.16. The van der Waals surface area contributed by atoms with Gasteiger partial charge in [0.05, 0.1) is 5.69 Å². The monoisotopic (exact) mass is 234 g/mol. The SMILES string of the molecule is Cc1cc(Oc2nc(CNC3CC3)co2)n[nH]1. The molecule has 1 fully saturated rings. The highest BCUT2D eigenvalue weighted by atomic mass is 16.6. The lowest BCUT2D eigenvalue weighted by molar-refractivity contribution is 0.321. The van der Waals surface area contributed by atoms with Gasteiger partial charge in [0.1, 0.15) is 6.26 Å². The van der Waals surface area contributed by atoms with Crippen molar-refractivity contribution < 1.29 is 9.15 Å². The topological polar surface area (TPSA) is 76.0 Å². The van der Waals surface area contributed by atoms with Crippen LogP contribution < -0.4 is 10.1 Å². The van der Waals surface area contributed by atoms with Crippen molar-refractivity contribution in [3.63, 3.8) is 0 Å². The molecule has 17 heavy (non-hydrogen) atoms. The number of aryl methyl sites for hydroxylation is 1. The first-order chi connectivity index (χ1) is 8.29. The first kappa shape index (κ1) is 10.3. The van der Waals surface area contributed by atoms with Gasteiger partial charge >= 0.3 is 6.08 Å². The zero-order valence-corrected chi connectivity index (χ0v) is 9.56. The van der Waals surface area contributed by atoms with E-state index >= 15 is 0 Å². The molecule has 2 aromatic rings. The molecule has 0 bridgehead atoms. The van der Waals surface area contributed by atoms with Crippen LogP contribution in [0.3, 0.4) is 0 Å². The second-order valence-corrected chi connectivity index (χ2v) is 4.25. The molecule has 1 aliphatic carbocycles. The third kappa shape index (κ3) is 2.65. The minimum absolute atomic E-state index is 0.226. The van der Waals surface area contributed by atoms with E-state index in [1.807, 2.05) is 6.92 Å². The smallest absolute Gasteiger partial charge is 0.400 e. The van der Waals surface area contributed by atoms with Gasteiger partial charge in [0.2, 0.25) is 5.88 Å². The Kier molecular flexibility index (Phi) is 2.56. The van der Waals surface area contributed by atoms with Gasteiger partial charge in [-0.05, 0) is 19.8 Å². The summed E-state index contributed by atoms with van der Waals surface area (Å²) >= 11 is 0. The van der Waals surface area contributed by atoms with Crippen LogP contribution in [0.15, 0.2) is 16.7 Å². The fraction of sp³-hybridized carbons (Fsp3) is 0.455. The summed E-state index contributed by atoms with van der Waals surface area (Å²) in [6.07, 6.45) is 4.34. The lowest BCUT2D eigenvalue weighted by atomic mass is 10.5. The van der Waals surface area contributed by atoms with Crippen LogP contribution in [-0.2, 0) is 6.54 Å². The zero-order valence-electron chi connectivity index (χ0n) is 9.56. The Labute approximate surface area is 98.4 Å². The Morgan fingerprint density at radius 1 is 1.59 bits per heavy atom. The average Bonchev–Trinajstić information content (AvgIpc) is 2.90. The van der Waals surface area contributed by atoms with Crippen molar-refractivity contribution >= 4 is 0 Å². The summed E-state index contributed by atoms with van der Waals surface area (Å²) in [6, 6.07) is 2.44. The average molecular weight is 234 g/mol. The van der Waals surface area contributed by atoms with E-state index in [0.29, 0.717) is 11.9 Å². The Morgan fingerprint density at radius 2 is 2.47 bits per heavy atom. The standard InChI is InChI=1S/C11H14N4O2/c1-7-4-10(15-14-7)17-11-13-9(6-16-11)5-12-8-2-3-8/h4,6,8,12H,2-3,5H2,1H3,(H,14,15). The van der Waals surface area contributed by atoms with Crippen molar-refractivity contribution in [2.45, 2.75) is 32.4 Å². The predicted molar refractivity (Wildman–Crippen MR) is 59.8 cm³/mol. The van der Waals surface area contributed by atoms with Crippen LogP contribution in [0.1, 0.15) is 24.2 Å². The quantitative estimate of drug-likeness (QED) is 0.824. The van der Waals surface area contributed by atoms with Gasteiger partial charge in [-0.15, -0.1) is 5.10 Å². The molecule has 0 unspecified atom stereocenters. The summed E-state index contributed by atoms with van der Waals surface area (Å²) in [5, 5.41) is 10.1. The van der Waals surface area contributed by atoms with Crippen molar-refractivity contribution in [2.75, 3.05) is 0 Å². The van der Waals surface area contributed by atoms with E-state index in [1.54, 1.807) is 12.3 Å². The number of oxazole rings is 1. The summed E-state index contributed by atoms with van der Waals surface area (Å²) in [7, 11) is 0. The van der Waals surface area contributed by atoms with Crippen LogP contribution in [0.5, 0.6) is 12.0 Å². The number of hydrogen-bond donors (Lipinski definition) is 2. The molecule has 6 nitrogen and oxygen atoms in total. The Balaban J connectivity index is 1.59. The number of hydrogen-bond acceptors (Lipinski definition) is 5. The van der Waals surface area contributed by atoms with Gasteiger partial charge in [-0.2, -0.15) is 4.98 Å². The van der Waals surface area contributed by atoms with Gasteiger partial charge < -0.3 is 14.5 Å². The van der Waals surface area contributed by atoms with Gasteiger partial charge in [0, 0.05) is 24.3 Å². The third-order valence-corrected chi connectivity index (χ3v) is 2.55. The molecule has 1 saturated carbocycles. The molecular weight excluding hydrogens is 220 g/mol. The molecule has 0 aliphatic heterocycles. The van der Waals surface area contributed by atoms with Crippen LogP contribution in [-0.4, -0.2) is 21.2 Å². The number of aromatic amines is 1. The molecule has 0 radical (unpaired) electrons. The van der Waals surface area contributed by atoms with Crippen molar-refractivity contribution in [3.8, 4) is 12.0 Å². The molecule has 2 N–H and O–H groups in total. The molecule has 90 valence electrons. The Morgan fingerprint density at radius 3 is 3.18 bits per heavy atom. The minimum atomic E-state index is 0.226. The first-order valence-electron chi connectivity index (χ1n) is 5.67. The number of ether oxygens (including phenoxy) is 1. The van der Waals surface area contributed by atoms with Crippen LogP contribution in [0.4, 0.5) is 0 Å². The summed E-state index contributed by atoms with van der Waals surface area (Å²) in [4.78, 5) is 4.21. The molecule has 1 aliphatic rings. The molecule has 2 heterocycles. The summed E-state index contributed by atoms with van der Waals surface area (Å²) in [5.74, 6) is 0.464. The molecule has 0 atom stereocenters. The van der Waals surface area contributed by atoms with Crippen LogP contribution in [0.2, 0.25) is 0 Å². The Bertz CT molecular complexity index is 501. The molecule has 0 spiro atoms. The second-order valence-electron chi connectivity index (χ2n) is 4.25. The van der Waals surface area contributed by atoms with Gasteiger partial charge in [-0.1, -0.05) is 0 Å². The lowest BCUT2D eigenvalue weighted by Gasteiger charge is -1.96. The fourth-order valence-electron chi connectivity index (χ4n) is 1.49. The van der Waals surface area contributed by atoms with E-state index in [0.717, 1.165) is 17.9 Å². The van der Waals surface area contributed by atoms with Gasteiger partial charge in [-0.3, -0.25) is 5.10 Å². The number of nitrogens with one attached hydrogen (secondary N) is 2. The minimum Gasteiger partial charge on any atom is -0.417 e. The summed E-state index contributed by atoms with van der Waals surface area (Å²) < 4.78 is 10.6. The molecule has 0 amide bonds. The maximum atomic E-state index is 5.35. The van der Waals surface area contributed by atoms with Crippen molar-refractivity contribution in [1.29, 1.82) is 0 Å². The highest BCUT2D eigenvalue weighted by Gasteiger charge is 2.20. The molecule has 0 aromatic carbocycles. The molecule has 0 saturated heterocycles. The zero-order chi connectivity index (χ0) is 11.7. The first-order valence-corrected chi connectivity index (χ1v) is 5.67. The maximum absolute atomic E-state index is 5.35. The molecular formula is C11H14N4O2. The van der Waals surface area contributed by atoms with Gasteiger partial charge in [-0.25, -0.2) is 0 Å². The third-order valence-electron chi connectivity index (χ3n) is 2.55. The summed E-state index contributed by atoms with van der Waals surface area (Å²) in [5.41, 5.74) is 1.78. The number of rotatable bonds is 5. The highest BCUT2D eigenvalue weighted by Crippen LogP contribution is 2.21. The molecule has 2 aromatic heterocycles. The van der Waals surface area contributed by atoms with Crippen LogP contribution >= 0.6 is 0 Å². The second kappa shape index (κ2) is 4.21. The Hall–Kier alpha value is -1.82. The largest absolute Gasteiger partial charge is 0.417 e. The van der Waals surface area contributed by atoms with E-state index in [9.17, 15) is 0 Å². The normalized spacial score (nSPS) is 15.1. The summed E-state index contributed by atoms with van der Waals surface area (Å²) in [6.45, 7) is 2.62. The van der Waals surface area contributed by atoms with Crippen LogP contribution in [0, 0.1) is 6.92 Å². The van der Waals surface area contributed by atoms with Gasteiger partial charge in [0.25, 0.3) is 0 Å². The predicted octanol–water partition coefficient (Wildman–Crippen LogP) is 1.75. The number of aromatic nitrogens is 3. The van der Waals surface area contributed by atoms with Crippen LogP contribution in [0.25, 0.3) is 0 Å². The number of H-pyrrole nitrogens is 1. The van der Waals surface area contributed by atoms with E-state index < -0.39 is 0 Å². The van der Waals surface area contributed by atoms with Gasteiger partial charge in [0.15, 0.2) is 0 Å². The fourth-order valence-corrected chi connectivity index (χ4v) is 1.49. The van der Waals surface area contributed by atoms with Crippen molar-refractivity contribution in [1.82, 2.24) is 20.5 Å². The molecule has 6 heteroatoms. The van der Waals surface area contributed by atoms with E-state index in [4.69, 9.17) is 9.15 Å². The van der Waals surface area contributed by atoms with E-state index in [1.165, 1.54) is 12.8 Å². The number of nitrogens with zero attached hydrogens (tertiary/aromatic N) is 2. The van der Waals surface area contributed by atoms with Crippen molar-refractivity contribution in [2.24, 2.45) is 0 Å².